The molecular weight excluding hydrogens is 629 g/mol. The van der Waals surface area contributed by atoms with Crippen LogP contribution in [0, 0.1) is 6.07 Å². The minimum atomic E-state index is 0. The van der Waals surface area contributed by atoms with Crippen LogP contribution < -0.4 is 0 Å². The predicted molar refractivity (Wildman–Crippen MR) is 148 cm³/mol. The molecule has 0 bridgehead atoms. The number of nitrogens with zero attached hydrogens (tertiary/aromatic N) is 2. The van der Waals surface area contributed by atoms with Crippen LogP contribution in [0.15, 0.2) is 140 Å². The quantitative estimate of drug-likeness (QED) is 0.175. The molecule has 0 aliphatic carbocycles. The van der Waals surface area contributed by atoms with Crippen molar-refractivity contribution in [3.8, 4) is 56.0 Å². The van der Waals surface area contributed by atoms with Crippen LogP contribution >= 0.6 is 0 Å². The van der Waals surface area contributed by atoms with E-state index in [4.69, 9.17) is 4.98 Å². The maximum absolute atomic E-state index is 5.08. The molecule has 0 aliphatic heterocycles. The first kappa shape index (κ1) is 24.5. The van der Waals surface area contributed by atoms with Gasteiger partial charge in [-0.2, -0.15) is 0 Å². The Hall–Kier alpha value is -4.17. The van der Waals surface area contributed by atoms with Crippen molar-refractivity contribution in [2.24, 2.45) is 0 Å². The molecule has 0 spiro atoms. The second-order valence-corrected chi connectivity index (χ2v) is 8.65. The van der Waals surface area contributed by atoms with Crippen LogP contribution in [-0.2, 0) is 20.1 Å². The molecule has 0 N–H and O–H groups in total. The number of rotatable bonds is 5. The number of benzene rings is 4. The third kappa shape index (κ3) is 5.49. The van der Waals surface area contributed by atoms with Gasteiger partial charge in [-0.25, -0.2) is 4.98 Å². The molecule has 3 heteroatoms. The molecule has 0 saturated heterocycles. The average molecular weight is 652 g/mol. The molecule has 6 rings (SSSR count). The van der Waals surface area contributed by atoms with Gasteiger partial charge in [0.05, 0.1) is 11.4 Å². The Morgan fingerprint density at radius 1 is 0.432 bits per heavy atom. The maximum atomic E-state index is 5.08. The first-order valence-corrected chi connectivity index (χ1v) is 12.0. The fourth-order valence-corrected chi connectivity index (χ4v) is 4.41. The van der Waals surface area contributed by atoms with Gasteiger partial charge in [0.2, 0.25) is 0 Å². The molecule has 0 amide bonds. The molecule has 0 aliphatic rings. The van der Waals surface area contributed by atoms with Crippen molar-refractivity contribution < 1.29 is 20.1 Å². The summed E-state index contributed by atoms with van der Waals surface area (Å²) < 4.78 is 0. The Labute approximate surface area is 231 Å². The van der Waals surface area contributed by atoms with Crippen molar-refractivity contribution in [1.82, 2.24) is 9.97 Å². The Bertz CT molecular complexity index is 1560. The summed E-state index contributed by atoms with van der Waals surface area (Å²) in [6.07, 6.45) is 1.81. The van der Waals surface area contributed by atoms with Crippen molar-refractivity contribution >= 4 is 0 Å². The van der Waals surface area contributed by atoms with E-state index in [0.29, 0.717) is 0 Å². The number of hydrogen-bond donors (Lipinski definition) is 0. The number of hydrogen-bond acceptors (Lipinski definition) is 2. The van der Waals surface area contributed by atoms with E-state index in [0.717, 1.165) is 50.5 Å². The van der Waals surface area contributed by atoms with Gasteiger partial charge in [-0.15, -0.1) is 35.4 Å². The number of aromatic nitrogens is 2. The Kier molecular flexibility index (Phi) is 7.46. The molecule has 179 valence electrons. The second-order valence-electron chi connectivity index (χ2n) is 8.65. The van der Waals surface area contributed by atoms with Crippen molar-refractivity contribution in [3.05, 3.63) is 146 Å². The third-order valence-electron chi connectivity index (χ3n) is 6.24. The largest absolute Gasteiger partial charge is 0.305 e. The van der Waals surface area contributed by atoms with E-state index in [-0.39, 0.29) is 20.1 Å². The van der Waals surface area contributed by atoms with Crippen LogP contribution in [0.3, 0.4) is 0 Å². The fourth-order valence-electron chi connectivity index (χ4n) is 4.41. The molecule has 2 aromatic heterocycles. The molecule has 0 fully saturated rings. The molecule has 0 atom stereocenters. The zero-order valence-corrected chi connectivity index (χ0v) is 22.4. The van der Waals surface area contributed by atoms with E-state index in [2.05, 4.69) is 108 Å². The summed E-state index contributed by atoms with van der Waals surface area (Å²) in [4.78, 5) is 9.57. The van der Waals surface area contributed by atoms with Crippen LogP contribution in [0.5, 0.6) is 0 Å². The van der Waals surface area contributed by atoms with Crippen molar-refractivity contribution in [1.29, 1.82) is 0 Å². The van der Waals surface area contributed by atoms with E-state index in [1.54, 1.807) is 0 Å². The minimum absolute atomic E-state index is 0. The molecule has 1 radical (unpaired) electrons. The number of pyridine rings is 2. The van der Waals surface area contributed by atoms with Crippen molar-refractivity contribution in [2.75, 3.05) is 0 Å². The summed E-state index contributed by atoms with van der Waals surface area (Å²) in [6, 6.07) is 49.2. The van der Waals surface area contributed by atoms with Gasteiger partial charge in [-0.3, -0.25) is 0 Å². The molecule has 6 aromatic rings. The van der Waals surface area contributed by atoms with E-state index in [1.807, 2.05) is 42.6 Å². The molecule has 0 unspecified atom stereocenters. The average Bonchev–Trinajstić information content (AvgIpc) is 2.98. The minimum Gasteiger partial charge on any atom is -0.305 e. The van der Waals surface area contributed by atoms with E-state index in [1.165, 1.54) is 5.56 Å². The van der Waals surface area contributed by atoms with E-state index >= 15 is 0 Å². The van der Waals surface area contributed by atoms with E-state index < -0.39 is 0 Å². The summed E-state index contributed by atoms with van der Waals surface area (Å²) in [6.45, 7) is 0. The van der Waals surface area contributed by atoms with Crippen LogP contribution in [-0.4, -0.2) is 9.97 Å². The monoisotopic (exact) mass is 652 g/mol. The van der Waals surface area contributed by atoms with Crippen LogP contribution in [0.25, 0.3) is 56.0 Å². The normalized spacial score (nSPS) is 10.5. The Balaban J connectivity index is 0.00000280. The summed E-state index contributed by atoms with van der Waals surface area (Å²) >= 11 is 0. The topological polar surface area (TPSA) is 25.8 Å². The maximum Gasteiger partial charge on any atom is 0.0715 e. The standard InChI is InChI=1S/C34H23N2.Ir/c1-3-11-25(12-4-1)31-23-33(26-13-5-2-6-14-26)36-34(24-31)30-18-10-16-28(22-30)27-15-9-17-29(21-27)32-19-7-8-20-35-32;/h1-16,18-24H;/q-1;. The zero-order valence-electron chi connectivity index (χ0n) is 20.0. The van der Waals surface area contributed by atoms with Gasteiger partial charge in [-0.05, 0) is 46.6 Å². The summed E-state index contributed by atoms with van der Waals surface area (Å²) in [5, 5.41) is 0. The van der Waals surface area contributed by atoms with Crippen LogP contribution in [0.1, 0.15) is 0 Å². The summed E-state index contributed by atoms with van der Waals surface area (Å²) in [5.74, 6) is 0. The first-order chi connectivity index (χ1) is 17.8. The molecule has 2 nitrogen and oxygen atoms in total. The van der Waals surface area contributed by atoms with Gasteiger partial charge in [-0.1, -0.05) is 91.0 Å². The SMILES string of the molecule is [Ir].[c-]1ccc(-c2cccc(-c3cc(-c4ccccc4)cc(-c4ccccc4)n3)c2)cc1-c1ccccn1. The third-order valence-corrected chi connectivity index (χ3v) is 6.24. The van der Waals surface area contributed by atoms with Gasteiger partial charge >= 0.3 is 0 Å². The van der Waals surface area contributed by atoms with Gasteiger partial charge in [0, 0.05) is 37.4 Å². The molecule has 0 saturated carbocycles. The zero-order chi connectivity index (χ0) is 24.2. The molecule has 4 aromatic carbocycles. The van der Waals surface area contributed by atoms with Gasteiger partial charge < -0.3 is 4.98 Å². The predicted octanol–water partition coefficient (Wildman–Crippen LogP) is 8.61. The van der Waals surface area contributed by atoms with Gasteiger partial charge in [0.15, 0.2) is 0 Å². The van der Waals surface area contributed by atoms with E-state index in [9.17, 15) is 0 Å². The Morgan fingerprint density at radius 2 is 1.05 bits per heavy atom. The van der Waals surface area contributed by atoms with Gasteiger partial charge in [0.25, 0.3) is 0 Å². The Morgan fingerprint density at radius 3 is 1.78 bits per heavy atom. The smallest absolute Gasteiger partial charge is 0.0715 e. The first-order valence-electron chi connectivity index (χ1n) is 12.0. The van der Waals surface area contributed by atoms with Crippen LogP contribution in [0.2, 0.25) is 0 Å². The second kappa shape index (κ2) is 11.3. The molecule has 2 heterocycles. The summed E-state index contributed by atoms with van der Waals surface area (Å²) in [5.41, 5.74) is 10.6. The summed E-state index contributed by atoms with van der Waals surface area (Å²) in [7, 11) is 0. The van der Waals surface area contributed by atoms with Gasteiger partial charge in [0.1, 0.15) is 0 Å². The van der Waals surface area contributed by atoms with Crippen molar-refractivity contribution in [3.63, 3.8) is 0 Å². The van der Waals surface area contributed by atoms with Crippen LogP contribution in [0.4, 0.5) is 0 Å². The molecular formula is C34H23IrN2-. The molecule has 37 heavy (non-hydrogen) atoms. The fraction of sp³-hybridized carbons (Fsp3) is 0. The van der Waals surface area contributed by atoms with Crippen molar-refractivity contribution in [2.45, 2.75) is 0 Å².